The van der Waals surface area contributed by atoms with Gasteiger partial charge in [0.1, 0.15) is 0 Å². The summed E-state index contributed by atoms with van der Waals surface area (Å²) in [5, 5.41) is 3.00. The van der Waals surface area contributed by atoms with Gasteiger partial charge in [-0.15, -0.1) is 11.3 Å². The maximum atomic E-state index is 12.7. The lowest BCUT2D eigenvalue weighted by Crippen LogP contribution is -2.27. The van der Waals surface area contributed by atoms with Crippen LogP contribution in [0.4, 0.5) is 0 Å². The van der Waals surface area contributed by atoms with E-state index in [1.54, 1.807) is 31.7 Å². The molecule has 0 radical (unpaired) electrons. The van der Waals surface area contributed by atoms with Gasteiger partial charge in [-0.3, -0.25) is 0 Å². The number of aromatic nitrogens is 1. The molecule has 5 nitrogen and oxygen atoms in total. The van der Waals surface area contributed by atoms with Crippen molar-refractivity contribution in [3.8, 4) is 0 Å². The van der Waals surface area contributed by atoms with Crippen LogP contribution in [0.15, 0.2) is 34.7 Å². The van der Waals surface area contributed by atoms with Gasteiger partial charge in [0.2, 0.25) is 10.0 Å². The van der Waals surface area contributed by atoms with Gasteiger partial charge >= 0.3 is 0 Å². The lowest BCUT2D eigenvalue weighted by atomic mass is 10.2. The SMILES string of the molecule is CNCc1ccccc1S(=O)(=O)N(C)Cc1scnc1C. The Bertz CT molecular complexity index is 711. The van der Waals surface area contributed by atoms with Gasteiger partial charge in [0.05, 0.1) is 16.1 Å². The molecule has 0 unspecified atom stereocenters. The van der Waals surface area contributed by atoms with Gasteiger partial charge in [-0.1, -0.05) is 18.2 Å². The van der Waals surface area contributed by atoms with Crippen LogP contribution in [0.1, 0.15) is 16.1 Å². The van der Waals surface area contributed by atoms with E-state index in [1.807, 2.05) is 19.1 Å². The second kappa shape index (κ2) is 6.65. The first-order valence-electron chi connectivity index (χ1n) is 6.54. The number of hydrogen-bond donors (Lipinski definition) is 1. The molecule has 114 valence electrons. The number of rotatable bonds is 6. The van der Waals surface area contributed by atoms with E-state index in [0.29, 0.717) is 18.0 Å². The molecule has 0 aliphatic heterocycles. The van der Waals surface area contributed by atoms with Crippen LogP contribution in [0.25, 0.3) is 0 Å². The topological polar surface area (TPSA) is 62.3 Å². The molecule has 2 rings (SSSR count). The van der Waals surface area contributed by atoms with E-state index in [-0.39, 0.29) is 0 Å². The molecule has 1 N–H and O–H groups in total. The highest BCUT2D eigenvalue weighted by Gasteiger charge is 2.24. The molecule has 7 heteroatoms. The van der Waals surface area contributed by atoms with E-state index >= 15 is 0 Å². The number of nitrogens with one attached hydrogen (secondary N) is 1. The van der Waals surface area contributed by atoms with E-state index in [9.17, 15) is 8.42 Å². The van der Waals surface area contributed by atoms with Crippen molar-refractivity contribution in [3.05, 3.63) is 45.9 Å². The van der Waals surface area contributed by atoms with Crippen molar-refractivity contribution in [3.63, 3.8) is 0 Å². The van der Waals surface area contributed by atoms with Crippen molar-refractivity contribution >= 4 is 21.4 Å². The molecule has 0 aliphatic carbocycles. The molecule has 0 fully saturated rings. The summed E-state index contributed by atoms with van der Waals surface area (Å²) >= 11 is 1.47. The predicted octanol–water partition coefficient (Wildman–Crippen LogP) is 1.99. The third-order valence-electron chi connectivity index (χ3n) is 3.24. The summed E-state index contributed by atoms with van der Waals surface area (Å²) in [6.45, 7) is 2.75. The summed E-state index contributed by atoms with van der Waals surface area (Å²) in [6, 6.07) is 7.07. The summed E-state index contributed by atoms with van der Waals surface area (Å²) in [4.78, 5) is 5.47. The van der Waals surface area contributed by atoms with Crippen LogP contribution in [-0.2, 0) is 23.1 Å². The van der Waals surface area contributed by atoms with Crippen molar-refractivity contribution in [1.82, 2.24) is 14.6 Å². The third-order valence-corrected chi connectivity index (χ3v) is 6.06. The first-order valence-corrected chi connectivity index (χ1v) is 8.86. The van der Waals surface area contributed by atoms with Crippen molar-refractivity contribution in [1.29, 1.82) is 0 Å². The molecule has 0 atom stereocenters. The second-order valence-corrected chi connectivity index (χ2v) is 7.71. The highest BCUT2D eigenvalue weighted by Crippen LogP contribution is 2.22. The van der Waals surface area contributed by atoms with Gasteiger partial charge in [0.15, 0.2) is 0 Å². The monoisotopic (exact) mass is 325 g/mol. The highest BCUT2D eigenvalue weighted by molar-refractivity contribution is 7.89. The molecule has 0 spiro atoms. The summed E-state index contributed by atoms with van der Waals surface area (Å²) in [6.07, 6.45) is 0. The largest absolute Gasteiger partial charge is 0.316 e. The van der Waals surface area contributed by atoms with E-state index in [2.05, 4.69) is 10.3 Å². The van der Waals surface area contributed by atoms with Crippen LogP contribution in [-0.4, -0.2) is 31.8 Å². The van der Waals surface area contributed by atoms with E-state index in [1.165, 1.54) is 15.6 Å². The van der Waals surface area contributed by atoms with Crippen molar-refractivity contribution in [2.24, 2.45) is 0 Å². The van der Waals surface area contributed by atoms with Gasteiger partial charge in [0.25, 0.3) is 0 Å². The minimum atomic E-state index is -3.51. The fourth-order valence-corrected chi connectivity index (χ4v) is 4.29. The normalized spacial score (nSPS) is 12.0. The Morgan fingerprint density at radius 3 is 2.67 bits per heavy atom. The first kappa shape index (κ1) is 16.1. The fraction of sp³-hybridized carbons (Fsp3) is 0.357. The zero-order valence-electron chi connectivity index (χ0n) is 12.3. The first-order chi connectivity index (χ1) is 9.96. The van der Waals surface area contributed by atoms with Gasteiger partial charge in [-0.2, -0.15) is 4.31 Å². The third kappa shape index (κ3) is 3.49. The molecule has 0 aliphatic rings. The molecule has 0 saturated carbocycles. The minimum absolute atomic E-state index is 0.340. The Balaban J connectivity index is 2.31. The Labute approximate surface area is 129 Å². The molecule has 21 heavy (non-hydrogen) atoms. The zero-order chi connectivity index (χ0) is 15.5. The van der Waals surface area contributed by atoms with Crippen LogP contribution >= 0.6 is 11.3 Å². The number of hydrogen-bond acceptors (Lipinski definition) is 5. The van der Waals surface area contributed by atoms with Crippen LogP contribution < -0.4 is 5.32 Å². The lowest BCUT2D eigenvalue weighted by Gasteiger charge is -2.19. The van der Waals surface area contributed by atoms with Crippen molar-refractivity contribution in [2.45, 2.75) is 24.9 Å². The average molecular weight is 325 g/mol. The molecule has 1 heterocycles. The number of thiazole rings is 1. The lowest BCUT2D eigenvalue weighted by molar-refractivity contribution is 0.467. The Hall–Kier alpha value is -1.28. The Morgan fingerprint density at radius 2 is 2.05 bits per heavy atom. The molecule has 2 aromatic rings. The van der Waals surface area contributed by atoms with Crippen LogP contribution in [0.3, 0.4) is 0 Å². The molecular weight excluding hydrogens is 306 g/mol. The smallest absolute Gasteiger partial charge is 0.243 e. The molecule has 0 amide bonds. The average Bonchev–Trinajstić information content (AvgIpc) is 2.85. The number of sulfonamides is 1. The highest BCUT2D eigenvalue weighted by atomic mass is 32.2. The number of benzene rings is 1. The molecule has 0 bridgehead atoms. The van der Waals surface area contributed by atoms with Crippen LogP contribution in [0.2, 0.25) is 0 Å². The summed E-state index contributed by atoms with van der Waals surface area (Å²) in [5.74, 6) is 0. The van der Waals surface area contributed by atoms with Gasteiger partial charge in [-0.25, -0.2) is 13.4 Å². The summed E-state index contributed by atoms with van der Waals surface area (Å²) < 4.78 is 26.9. The van der Waals surface area contributed by atoms with E-state index in [4.69, 9.17) is 0 Å². The second-order valence-electron chi connectivity index (χ2n) is 4.76. The zero-order valence-corrected chi connectivity index (χ0v) is 14.0. The minimum Gasteiger partial charge on any atom is -0.316 e. The summed E-state index contributed by atoms with van der Waals surface area (Å²) in [7, 11) is -0.111. The van der Waals surface area contributed by atoms with Crippen molar-refractivity contribution in [2.75, 3.05) is 14.1 Å². The summed E-state index contributed by atoms with van der Waals surface area (Å²) in [5.41, 5.74) is 3.39. The quantitative estimate of drug-likeness (QED) is 0.882. The van der Waals surface area contributed by atoms with E-state index < -0.39 is 10.0 Å². The number of aryl methyl sites for hydroxylation is 1. The van der Waals surface area contributed by atoms with Crippen LogP contribution in [0.5, 0.6) is 0 Å². The van der Waals surface area contributed by atoms with E-state index in [0.717, 1.165) is 16.1 Å². The van der Waals surface area contributed by atoms with Gasteiger partial charge < -0.3 is 5.32 Å². The Morgan fingerprint density at radius 1 is 1.33 bits per heavy atom. The molecule has 0 saturated heterocycles. The number of nitrogens with zero attached hydrogens (tertiary/aromatic N) is 2. The maximum Gasteiger partial charge on any atom is 0.243 e. The molecule has 1 aromatic heterocycles. The predicted molar refractivity (Wildman–Crippen MR) is 84.7 cm³/mol. The van der Waals surface area contributed by atoms with Crippen molar-refractivity contribution < 1.29 is 8.42 Å². The standard InChI is InChI=1S/C14H19N3O2S2/c1-11-13(20-10-16-11)9-17(3)21(18,19)14-7-5-4-6-12(14)8-15-2/h4-7,10,15H,8-9H2,1-3H3. The Kier molecular flexibility index (Phi) is 5.10. The molecular formula is C14H19N3O2S2. The van der Waals surface area contributed by atoms with Gasteiger partial charge in [-0.05, 0) is 25.6 Å². The maximum absolute atomic E-state index is 12.7. The van der Waals surface area contributed by atoms with Crippen LogP contribution in [0, 0.1) is 6.92 Å². The van der Waals surface area contributed by atoms with Gasteiger partial charge in [0, 0.05) is 25.0 Å². The fourth-order valence-electron chi connectivity index (χ4n) is 2.03. The molecule has 1 aromatic carbocycles.